The Morgan fingerprint density at radius 2 is 2.07 bits per heavy atom. The first kappa shape index (κ1) is 11.6. The van der Waals surface area contributed by atoms with Crippen LogP contribution in [-0.2, 0) is 6.42 Å². The molecule has 1 aromatic rings. The van der Waals surface area contributed by atoms with Crippen molar-refractivity contribution in [3.63, 3.8) is 0 Å². The summed E-state index contributed by atoms with van der Waals surface area (Å²) in [7, 11) is 0. The maximum Gasteiger partial charge on any atom is 0.00774 e. The van der Waals surface area contributed by atoms with Crippen LogP contribution < -0.4 is 5.73 Å². The van der Waals surface area contributed by atoms with Gasteiger partial charge in [-0.1, -0.05) is 19.9 Å². The Kier molecular flexibility index (Phi) is 4.49. The van der Waals surface area contributed by atoms with Crippen LogP contribution in [0.2, 0.25) is 0 Å². The minimum atomic E-state index is 0.648. The third-order valence-electron chi connectivity index (χ3n) is 2.10. The van der Waals surface area contributed by atoms with Crippen LogP contribution in [0.5, 0.6) is 0 Å². The molecule has 0 aromatic heterocycles. The SMILES string of the molecule is Cc1cc(SC(C)C)ccc1CCN. The van der Waals surface area contributed by atoms with Crippen molar-refractivity contribution in [2.45, 2.75) is 37.3 Å². The number of thioether (sulfide) groups is 1. The van der Waals surface area contributed by atoms with E-state index in [0.717, 1.165) is 13.0 Å². The van der Waals surface area contributed by atoms with Gasteiger partial charge in [0.15, 0.2) is 0 Å². The Labute approximate surface area is 91.1 Å². The third-order valence-corrected chi connectivity index (χ3v) is 3.10. The first-order chi connectivity index (χ1) is 6.63. The number of benzene rings is 1. The number of aryl methyl sites for hydroxylation is 1. The molecular weight excluding hydrogens is 190 g/mol. The van der Waals surface area contributed by atoms with E-state index >= 15 is 0 Å². The van der Waals surface area contributed by atoms with E-state index in [1.165, 1.54) is 16.0 Å². The summed E-state index contributed by atoms with van der Waals surface area (Å²) in [5.74, 6) is 0. The lowest BCUT2D eigenvalue weighted by molar-refractivity contribution is 0.954. The predicted octanol–water partition coefficient (Wildman–Crippen LogP) is 3.00. The molecule has 0 aliphatic rings. The number of hydrogen-bond acceptors (Lipinski definition) is 2. The van der Waals surface area contributed by atoms with E-state index in [0.29, 0.717) is 5.25 Å². The van der Waals surface area contributed by atoms with Crippen LogP contribution >= 0.6 is 11.8 Å². The monoisotopic (exact) mass is 209 g/mol. The van der Waals surface area contributed by atoms with Crippen molar-refractivity contribution < 1.29 is 0 Å². The van der Waals surface area contributed by atoms with Gasteiger partial charge in [0.25, 0.3) is 0 Å². The van der Waals surface area contributed by atoms with E-state index in [1.807, 2.05) is 11.8 Å². The second kappa shape index (κ2) is 5.42. The molecule has 0 saturated carbocycles. The van der Waals surface area contributed by atoms with Gasteiger partial charge >= 0.3 is 0 Å². The lowest BCUT2D eigenvalue weighted by Gasteiger charge is -2.09. The standard InChI is InChI=1S/C12H19NS/c1-9(2)14-12-5-4-11(6-7-13)10(3)8-12/h4-5,8-9H,6-7,13H2,1-3H3. The molecule has 14 heavy (non-hydrogen) atoms. The Balaban J connectivity index is 2.78. The van der Waals surface area contributed by atoms with Crippen LogP contribution in [0.25, 0.3) is 0 Å². The topological polar surface area (TPSA) is 26.0 Å². The molecule has 1 nitrogen and oxygen atoms in total. The van der Waals surface area contributed by atoms with Crippen molar-refractivity contribution in [2.75, 3.05) is 6.54 Å². The van der Waals surface area contributed by atoms with E-state index in [2.05, 4.69) is 39.0 Å². The van der Waals surface area contributed by atoms with Crippen LogP contribution in [0, 0.1) is 6.92 Å². The maximum absolute atomic E-state index is 5.54. The lowest BCUT2D eigenvalue weighted by Crippen LogP contribution is -2.04. The molecule has 0 aliphatic carbocycles. The molecule has 0 saturated heterocycles. The van der Waals surface area contributed by atoms with E-state index in [9.17, 15) is 0 Å². The molecular formula is C12H19NS. The fourth-order valence-electron chi connectivity index (χ4n) is 1.45. The maximum atomic E-state index is 5.54. The molecule has 1 aromatic carbocycles. The summed E-state index contributed by atoms with van der Waals surface area (Å²) in [6.45, 7) is 7.33. The van der Waals surface area contributed by atoms with Crippen molar-refractivity contribution >= 4 is 11.8 Å². The van der Waals surface area contributed by atoms with Gasteiger partial charge in [0.05, 0.1) is 0 Å². The lowest BCUT2D eigenvalue weighted by atomic mass is 10.1. The summed E-state index contributed by atoms with van der Waals surface area (Å²) in [6.07, 6.45) is 0.985. The fraction of sp³-hybridized carbons (Fsp3) is 0.500. The molecule has 0 amide bonds. The Hall–Kier alpha value is -0.470. The van der Waals surface area contributed by atoms with Crippen molar-refractivity contribution in [1.29, 1.82) is 0 Å². The molecule has 0 atom stereocenters. The largest absolute Gasteiger partial charge is 0.330 e. The minimum Gasteiger partial charge on any atom is -0.330 e. The van der Waals surface area contributed by atoms with Crippen LogP contribution in [0.1, 0.15) is 25.0 Å². The quantitative estimate of drug-likeness (QED) is 0.771. The first-order valence-corrected chi connectivity index (χ1v) is 5.97. The second-order valence-electron chi connectivity index (χ2n) is 3.79. The van der Waals surface area contributed by atoms with E-state index in [4.69, 9.17) is 5.73 Å². The summed E-state index contributed by atoms with van der Waals surface area (Å²) < 4.78 is 0. The van der Waals surface area contributed by atoms with Crippen LogP contribution in [0.4, 0.5) is 0 Å². The molecule has 0 spiro atoms. The van der Waals surface area contributed by atoms with Crippen LogP contribution in [0.3, 0.4) is 0 Å². The predicted molar refractivity (Wildman–Crippen MR) is 64.9 cm³/mol. The summed E-state index contributed by atoms with van der Waals surface area (Å²) >= 11 is 1.91. The first-order valence-electron chi connectivity index (χ1n) is 5.09. The summed E-state index contributed by atoms with van der Waals surface area (Å²) in [5, 5.41) is 0.648. The molecule has 0 fully saturated rings. The average Bonchev–Trinajstić information content (AvgIpc) is 2.09. The summed E-state index contributed by atoms with van der Waals surface area (Å²) in [5.41, 5.74) is 8.28. The highest BCUT2D eigenvalue weighted by Gasteiger charge is 2.01. The molecule has 2 N–H and O–H groups in total. The Morgan fingerprint density at radius 3 is 2.57 bits per heavy atom. The molecule has 0 heterocycles. The molecule has 0 bridgehead atoms. The highest BCUT2D eigenvalue weighted by molar-refractivity contribution is 7.99. The molecule has 1 rings (SSSR count). The van der Waals surface area contributed by atoms with Crippen molar-refractivity contribution in [3.8, 4) is 0 Å². The van der Waals surface area contributed by atoms with Gasteiger partial charge < -0.3 is 5.73 Å². The van der Waals surface area contributed by atoms with E-state index < -0.39 is 0 Å². The Morgan fingerprint density at radius 1 is 1.36 bits per heavy atom. The van der Waals surface area contributed by atoms with Gasteiger partial charge in [-0.15, -0.1) is 11.8 Å². The van der Waals surface area contributed by atoms with Crippen molar-refractivity contribution in [2.24, 2.45) is 5.73 Å². The Bertz CT molecular complexity index is 294. The average molecular weight is 209 g/mol. The second-order valence-corrected chi connectivity index (χ2v) is 5.44. The molecule has 0 unspecified atom stereocenters. The highest BCUT2D eigenvalue weighted by Crippen LogP contribution is 2.25. The number of hydrogen-bond donors (Lipinski definition) is 1. The van der Waals surface area contributed by atoms with Crippen LogP contribution in [0.15, 0.2) is 23.1 Å². The van der Waals surface area contributed by atoms with Crippen molar-refractivity contribution in [1.82, 2.24) is 0 Å². The minimum absolute atomic E-state index is 0.648. The number of nitrogens with two attached hydrogens (primary N) is 1. The van der Waals surface area contributed by atoms with Gasteiger partial charge in [0.1, 0.15) is 0 Å². The summed E-state index contributed by atoms with van der Waals surface area (Å²) in [4.78, 5) is 1.36. The van der Waals surface area contributed by atoms with Gasteiger partial charge in [-0.2, -0.15) is 0 Å². The zero-order valence-electron chi connectivity index (χ0n) is 9.21. The fourth-order valence-corrected chi connectivity index (χ4v) is 2.39. The normalized spacial score (nSPS) is 10.9. The highest BCUT2D eigenvalue weighted by atomic mass is 32.2. The van der Waals surface area contributed by atoms with Gasteiger partial charge in [-0.05, 0) is 43.1 Å². The van der Waals surface area contributed by atoms with E-state index in [-0.39, 0.29) is 0 Å². The number of rotatable bonds is 4. The van der Waals surface area contributed by atoms with Gasteiger partial charge in [-0.3, -0.25) is 0 Å². The molecule has 0 radical (unpaired) electrons. The third kappa shape index (κ3) is 3.35. The molecule has 2 heteroatoms. The molecule has 0 aliphatic heterocycles. The molecule has 78 valence electrons. The van der Waals surface area contributed by atoms with Gasteiger partial charge in [0.2, 0.25) is 0 Å². The van der Waals surface area contributed by atoms with E-state index in [1.54, 1.807) is 0 Å². The van der Waals surface area contributed by atoms with Crippen molar-refractivity contribution in [3.05, 3.63) is 29.3 Å². The summed E-state index contributed by atoms with van der Waals surface area (Å²) in [6, 6.07) is 6.66. The zero-order chi connectivity index (χ0) is 10.6. The van der Waals surface area contributed by atoms with Crippen LogP contribution in [-0.4, -0.2) is 11.8 Å². The van der Waals surface area contributed by atoms with Gasteiger partial charge in [0, 0.05) is 10.1 Å². The van der Waals surface area contributed by atoms with Gasteiger partial charge in [-0.25, -0.2) is 0 Å². The zero-order valence-corrected chi connectivity index (χ0v) is 10.0. The smallest absolute Gasteiger partial charge is 0.00774 e.